The van der Waals surface area contributed by atoms with Gasteiger partial charge in [-0.25, -0.2) is 22.7 Å². The number of nitrogens with one attached hydrogen (secondary N) is 2. The van der Waals surface area contributed by atoms with Gasteiger partial charge in [0.1, 0.15) is 0 Å². The minimum absolute atomic E-state index is 0. The van der Waals surface area contributed by atoms with Gasteiger partial charge in [0.25, 0.3) is 0 Å². The quantitative estimate of drug-likeness (QED) is 0.710. The predicted molar refractivity (Wildman–Crippen MR) is 92.6 cm³/mol. The van der Waals surface area contributed by atoms with E-state index in [4.69, 9.17) is 0 Å². The number of benzene rings is 1. The Bertz CT molecular complexity index is 697. The zero-order valence-electron chi connectivity index (χ0n) is 13.9. The summed E-state index contributed by atoms with van der Waals surface area (Å²) in [6.45, 7) is 1.38. The average Bonchev–Trinajstić information content (AvgIpc) is 2.60. The third-order valence-electron chi connectivity index (χ3n) is 3.68. The molecule has 1 heterocycles. The van der Waals surface area contributed by atoms with E-state index in [2.05, 4.69) is 19.5 Å². The number of hydrogen-bond acceptors (Lipinski definition) is 7. The number of piperidine rings is 1. The lowest BCUT2D eigenvalue weighted by Crippen LogP contribution is -2.45. The third-order valence-corrected chi connectivity index (χ3v) is 5.18. The van der Waals surface area contributed by atoms with Crippen molar-refractivity contribution in [3.63, 3.8) is 0 Å². The summed E-state index contributed by atoms with van der Waals surface area (Å²) in [4.78, 5) is 23.3. The predicted octanol–water partition coefficient (Wildman–Crippen LogP) is 0.712. The molecule has 2 rings (SSSR count). The molecule has 1 unspecified atom stereocenters. The first kappa shape index (κ1) is 21.4. The second-order valence-electron chi connectivity index (χ2n) is 5.39. The van der Waals surface area contributed by atoms with Crippen LogP contribution in [0.5, 0.6) is 0 Å². The second-order valence-corrected chi connectivity index (χ2v) is 7.11. The molecule has 0 amide bonds. The Labute approximate surface area is 152 Å². The Morgan fingerprint density at radius 2 is 1.68 bits per heavy atom. The molecular formula is C15H21ClN2O6S. The highest BCUT2D eigenvalue weighted by Gasteiger charge is 2.24. The number of hydrogen-bond donors (Lipinski definition) is 2. The van der Waals surface area contributed by atoms with Crippen LogP contribution < -0.4 is 10.0 Å². The summed E-state index contributed by atoms with van der Waals surface area (Å²) in [5, 5.41) is 3.11. The SMILES string of the molecule is COC(=O)c1cc(C(=O)OC)cc(S(=O)(=O)NC2CCCNC2)c1.Cl. The summed E-state index contributed by atoms with van der Waals surface area (Å²) in [6.07, 6.45) is 1.58. The van der Waals surface area contributed by atoms with Crippen molar-refractivity contribution in [1.29, 1.82) is 0 Å². The van der Waals surface area contributed by atoms with E-state index in [9.17, 15) is 18.0 Å². The molecule has 0 radical (unpaired) electrons. The Morgan fingerprint density at radius 1 is 1.12 bits per heavy atom. The van der Waals surface area contributed by atoms with Crippen LogP contribution in [0.2, 0.25) is 0 Å². The minimum atomic E-state index is -3.89. The summed E-state index contributed by atoms with van der Waals surface area (Å²) in [5.74, 6) is -1.48. The van der Waals surface area contributed by atoms with Gasteiger partial charge in [-0.15, -0.1) is 12.4 Å². The van der Waals surface area contributed by atoms with Crippen LogP contribution in [-0.2, 0) is 19.5 Å². The molecule has 0 saturated carbocycles. The zero-order chi connectivity index (χ0) is 17.7. The molecular weight excluding hydrogens is 372 g/mol. The van der Waals surface area contributed by atoms with Gasteiger partial charge >= 0.3 is 11.9 Å². The summed E-state index contributed by atoms with van der Waals surface area (Å²) in [5.41, 5.74) is -0.0786. The Balaban J connectivity index is 0.00000312. The first-order valence-electron chi connectivity index (χ1n) is 7.42. The molecule has 10 heteroatoms. The van der Waals surface area contributed by atoms with Crippen LogP contribution >= 0.6 is 12.4 Å². The molecule has 2 N–H and O–H groups in total. The molecule has 0 bridgehead atoms. The molecule has 1 atom stereocenters. The fraction of sp³-hybridized carbons (Fsp3) is 0.467. The lowest BCUT2D eigenvalue weighted by molar-refractivity contribution is 0.0598. The summed E-state index contributed by atoms with van der Waals surface area (Å²) in [7, 11) is -1.55. The van der Waals surface area contributed by atoms with Crippen molar-refractivity contribution in [2.24, 2.45) is 0 Å². The highest BCUT2D eigenvalue weighted by atomic mass is 35.5. The topological polar surface area (TPSA) is 111 Å². The van der Waals surface area contributed by atoms with Gasteiger partial charge in [-0.05, 0) is 37.6 Å². The van der Waals surface area contributed by atoms with Gasteiger partial charge in [0, 0.05) is 12.6 Å². The number of sulfonamides is 1. The molecule has 1 aliphatic rings. The van der Waals surface area contributed by atoms with E-state index in [0.717, 1.165) is 13.0 Å². The van der Waals surface area contributed by atoms with E-state index in [1.807, 2.05) is 0 Å². The molecule has 140 valence electrons. The molecule has 1 fully saturated rings. The van der Waals surface area contributed by atoms with Gasteiger partial charge in [0.05, 0.1) is 30.2 Å². The standard InChI is InChI=1S/C15H20N2O6S.ClH/c1-22-14(18)10-6-11(15(19)23-2)8-13(7-10)24(20,21)17-12-4-3-5-16-9-12;/h6-8,12,16-17H,3-5,9H2,1-2H3;1H. The van der Waals surface area contributed by atoms with Crippen molar-refractivity contribution >= 4 is 34.4 Å². The van der Waals surface area contributed by atoms with Crippen molar-refractivity contribution in [3.8, 4) is 0 Å². The lowest BCUT2D eigenvalue weighted by atomic mass is 10.1. The number of ether oxygens (including phenoxy) is 2. The van der Waals surface area contributed by atoms with Gasteiger partial charge < -0.3 is 14.8 Å². The summed E-state index contributed by atoms with van der Waals surface area (Å²) in [6, 6.07) is 3.35. The largest absolute Gasteiger partial charge is 0.465 e. The summed E-state index contributed by atoms with van der Waals surface area (Å²) >= 11 is 0. The van der Waals surface area contributed by atoms with Crippen LogP contribution in [0.1, 0.15) is 33.6 Å². The molecule has 0 spiro atoms. The van der Waals surface area contributed by atoms with E-state index >= 15 is 0 Å². The maximum Gasteiger partial charge on any atom is 0.337 e. The highest BCUT2D eigenvalue weighted by molar-refractivity contribution is 7.89. The maximum atomic E-state index is 12.6. The number of rotatable bonds is 5. The van der Waals surface area contributed by atoms with Crippen LogP contribution in [0.3, 0.4) is 0 Å². The van der Waals surface area contributed by atoms with E-state index in [1.165, 1.54) is 32.4 Å². The van der Waals surface area contributed by atoms with Gasteiger partial charge in [0.2, 0.25) is 10.0 Å². The maximum absolute atomic E-state index is 12.6. The van der Waals surface area contributed by atoms with Gasteiger partial charge in [0.15, 0.2) is 0 Å². The van der Waals surface area contributed by atoms with Crippen LogP contribution in [-0.4, -0.2) is 53.7 Å². The Morgan fingerprint density at radius 3 is 2.12 bits per heavy atom. The molecule has 8 nitrogen and oxygen atoms in total. The number of esters is 2. The van der Waals surface area contributed by atoms with Gasteiger partial charge in [-0.2, -0.15) is 0 Å². The molecule has 1 aliphatic heterocycles. The van der Waals surface area contributed by atoms with Crippen LogP contribution in [0, 0.1) is 0 Å². The highest BCUT2D eigenvalue weighted by Crippen LogP contribution is 2.18. The average molecular weight is 393 g/mol. The summed E-state index contributed by atoms with van der Waals surface area (Å²) < 4.78 is 37.0. The molecule has 1 saturated heterocycles. The smallest absolute Gasteiger partial charge is 0.337 e. The van der Waals surface area contributed by atoms with Gasteiger partial charge in [-0.3, -0.25) is 0 Å². The van der Waals surface area contributed by atoms with Crippen molar-refractivity contribution in [2.45, 2.75) is 23.8 Å². The van der Waals surface area contributed by atoms with E-state index < -0.39 is 22.0 Å². The zero-order valence-corrected chi connectivity index (χ0v) is 15.5. The van der Waals surface area contributed by atoms with Crippen molar-refractivity contribution < 1.29 is 27.5 Å². The van der Waals surface area contributed by atoms with E-state index in [1.54, 1.807) is 0 Å². The molecule has 25 heavy (non-hydrogen) atoms. The molecule has 1 aromatic rings. The van der Waals surface area contributed by atoms with Crippen LogP contribution in [0.25, 0.3) is 0 Å². The minimum Gasteiger partial charge on any atom is -0.465 e. The molecule has 0 aliphatic carbocycles. The first-order chi connectivity index (χ1) is 11.4. The number of methoxy groups -OCH3 is 2. The lowest BCUT2D eigenvalue weighted by Gasteiger charge is -2.23. The normalized spacial score (nSPS) is 17.3. The van der Waals surface area contributed by atoms with Gasteiger partial charge in [-0.1, -0.05) is 0 Å². The van der Waals surface area contributed by atoms with Crippen molar-refractivity contribution in [1.82, 2.24) is 10.0 Å². The Hall–Kier alpha value is -1.68. The molecule has 0 aromatic heterocycles. The Kier molecular flexibility index (Phi) is 7.81. The fourth-order valence-corrected chi connectivity index (χ4v) is 3.81. The second kappa shape index (κ2) is 9.14. The van der Waals surface area contributed by atoms with E-state index in [0.29, 0.717) is 13.0 Å². The van der Waals surface area contributed by atoms with Crippen molar-refractivity contribution in [3.05, 3.63) is 29.3 Å². The number of carbonyl (C=O) groups excluding carboxylic acids is 2. The molecule has 1 aromatic carbocycles. The van der Waals surface area contributed by atoms with Crippen LogP contribution in [0.4, 0.5) is 0 Å². The monoisotopic (exact) mass is 392 g/mol. The first-order valence-corrected chi connectivity index (χ1v) is 8.90. The fourth-order valence-electron chi connectivity index (χ4n) is 2.47. The third kappa shape index (κ3) is 5.40. The number of halogens is 1. The van der Waals surface area contributed by atoms with Crippen molar-refractivity contribution in [2.75, 3.05) is 27.3 Å². The van der Waals surface area contributed by atoms with Crippen LogP contribution in [0.15, 0.2) is 23.1 Å². The number of carbonyl (C=O) groups is 2. The van der Waals surface area contributed by atoms with E-state index in [-0.39, 0.29) is 34.5 Å².